The van der Waals surface area contributed by atoms with Crippen molar-refractivity contribution >= 4 is 24.4 Å². The SMILES string of the molecule is CCOCn1c(-c2ccccc2)cc(=S)[nH]c1=S. The van der Waals surface area contributed by atoms with Crippen LogP contribution < -0.4 is 0 Å². The van der Waals surface area contributed by atoms with Crippen molar-refractivity contribution in [1.82, 2.24) is 9.55 Å². The molecule has 0 fully saturated rings. The van der Waals surface area contributed by atoms with Crippen molar-refractivity contribution in [1.29, 1.82) is 0 Å². The maximum absolute atomic E-state index is 5.44. The van der Waals surface area contributed by atoms with Crippen molar-refractivity contribution in [2.45, 2.75) is 13.7 Å². The molecule has 1 aromatic carbocycles. The van der Waals surface area contributed by atoms with Crippen LogP contribution in [-0.4, -0.2) is 16.2 Å². The van der Waals surface area contributed by atoms with Gasteiger partial charge in [0.2, 0.25) is 0 Å². The zero-order valence-electron chi connectivity index (χ0n) is 10.1. The van der Waals surface area contributed by atoms with Crippen molar-refractivity contribution in [3.63, 3.8) is 0 Å². The summed E-state index contributed by atoms with van der Waals surface area (Å²) in [6, 6.07) is 11.9. The first-order valence-electron chi connectivity index (χ1n) is 5.69. The summed E-state index contributed by atoms with van der Waals surface area (Å²) < 4.78 is 8.56. The highest BCUT2D eigenvalue weighted by Gasteiger charge is 2.04. The number of rotatable bonds is 4. The summed E-state index contributed by atoms with van der Waals surface area (Å²) in [6.45, 7) is 3.02. The number of nitrogens with zero attached hydrogens (tertiary/aromatic N) is 1. The van der Waals surface area contributed by atoms with Crippen LogP contribution in [0.5, 0.6) is 0 Å². The second kappa shape index (κ2) is 6.04. The van der Waals surface area contributed by atoms with Crippen LogP contribution in [0.3, 0.4) is 0 Å². The Morgan fingerprint density at radius 1 is 1.22 bits per heavy atom. The summed E-state index contributed by atoms with van der Waals surface area (Å²) in [6.07, 6.45) is 0. The van der Waals surface area contributed by atoms with Gasteiger partial charge in [-0.05, 0) is 30.8 Å². The van der Waals surface area contributed by atoms with Crippen molar-refractivity contribution in [2.75, 3.05) is 6.61 Å². The fourth-order valence-corrected chi connectivity index (χ4v) is 2.21. The third-order valence-corrected chi connectivity index (χ3v) is 3.07. The van der Waals surface area contributed by atoms with E-state index in [9.17, 15) is 0 Å². The maximum Gasteiger partial charge on any atom is 0.180 e. The van der Waals surface area contributed by atoms with Gasteiger partial charge in [-0.3, -0.25) is 4.57 Å². The van der Waals surface area contributed by atoms with E-state index < -0.39 is 0 Å². The molecule has 3 nitrogen and oxygen atoms in total. The Morgan fingerprint density at radius 3 is 2.61 bits per heavy atom. The molecule has 94 valence electrons. The molecule has 1 aromatic heterocycles. The third kappa shape index (κ3) is 2.93. The van der Waals surface area contributed by atoms with Gasteiger partial charge >= 0.3 is 0 Å². The Hall–Kier alpha value is -1.30. The van der Waals surface area contributed by atoms with Crippen LogP contribution in [0.4, 0.5) is 0 Å². The number of ether oxygens (including phenoxy) is 1. The van der Waals surface area contributed by atoms with Gasteiger partial charge in [0.25, 0.3) is 0 Å². The van der Waals surface area contributed by atoms with Crippen LogP contribution in [0.25, 0.3) is 11.3 Å². The molecule has 2 rings (SSSR count). The van der Waals surface area contributed by atoms with Gasteiger partial charge in [-0.1, -0.05) is 42.5 Å². The topological polar surface area (TPSA) is 29.9 Å². The lowest BCUT2D eigenvalue weighted by Gasteiger charge is -2.13. The molecule has 0 radical (unpaired) electrons. The fourth-order valence-electron chi connectivity index (χ4n) is 1.68. The molecule has 1 heterocycles. The first-order valence-corrected chi connectivity index (χ1v) is 6.51. The van der Waals surface area contributed by atoms with Gasteiger partial charge in [0.15, 0.2) is 4.77 Å². The molecular formula is C13H14N2OS2. The first-order chi connectivity index (χ1) is 8.72. The summed E-state index contributed by atoms with van der Waals surface area (Å²) in [5.74, 6) is 0. The molecule has 2 aromatic rings. The van der Waals surface area contributed by atoms with Gasteiger partial charge in [0.1, 0.15) is 11.4 Å². The van der Waals surface area contributed by atoms with E-state index in [0.29, 0.717) is 22.7 Å². The largest absolute Gasteiger partial charge is 0.361 e. The lowest BCUT2D eigenvalue weighted by molar-refractivity contribution is 0.0869. The maximum atomic E-state index is 5.44. The number of nitrogens with one attached hydrogen (secondary N) is 1. The zero-order valence-corrected chi connectivity index (χ0v) is 11.7. The molecule has 0 spiro atoms. The van der Waals surface area contributed by atoms with E-state index in [1.165, 1.54) is 0 Å². The Bertz CT molecular complexity index is 631. The number of benzene rings is 1. The van der Waals surface area contributed by atoms with Crippen LogP contribution in [0.15, 0.2) is 36.4 Å². The Morgan fingerprint density at radius 2 is 1.94 bits per heavy atom. The third-order valence-electron chi connectivity index (χ3n) is 2.53. The average molecular weight is 278 g/mol. The van der Waals surface area contributed by atoms with Crippen LogP contribution in [-0.2, 0) is 11.5 Å². The number of H-pyrrole nitrogens is 1. The standard InChI is InChI=1S/C13H14N2OS2/c1-2-16-9-15-11(8-12(17)14-13(15)18)10-6-4-3-5-7-10/h3-8H,2,9H2,1H3,(H,14,17,18). The number of hydrogen-bond donors (Lipinski definition) is 1. The van der Waals surface area contributed by atoms with Gasteiger partial charge in [-0.2, -0.15) is 0 Å². The molecule has 0 bridgehead atoms. The van der Waals surface area contributed by atoms with Crippen LogP contribution in [0.2, 0.25) is 0 Å². The van der Waals surface area contributed by atoms with E-state index in [4.69, 9.17) is 29.2 Å². The summed E-state index contributed by atoms with van der Waals surface area (Å²) in [4.78, 5) is 2.97. The Labute approximate surface area is 116 Å². The Balaban J connectivity index is 2.58. The molecule has 0 amide bonds. The summed E-state index contributed by atoms with van der Waals surface area (Å²) in [5.41, 5.74) is 2.04. The van der Waals surface area contributed by atoms with Gasteiger partial charge < -0.3 is 9.72 Å². The molecule has 0 saturated heterocycles. The molecule has 0 aliphatic heterocycles. The molecule has 0 aliphatic rings. The summed E-state index contributed by atoms with van der Waals surface area (Å²) >= 11 is 10.5. The second-order valence-corrected chi connectivity index (χ2v) is 4.57. The van der Waals surface area contributed by atoms with E-state index in [1.807, 2.05) is 47.9 Å². The summed E-state index contributed by atoms with van der Waals surface area (Å²) in [5, 5.41) is 0. The molecule has 0 unspecified atom stereocenters. The normalized spacial score (nSPS) is 10.5. The van der Waals surface area contributed by atoms with Crippen molar-refractivity contribution < 1.29 is 4.74 Å². The highest BCUT2D eigenvalue weighted by Crippen LogP contribution is 2.19. The van der Waals surface area contributed by atoms with Crippen molar-refractivity contribution in [3.8, 4) is 11.3 Å². The highest BCUT2D eigenvalue weighted by molar-refractivity contribution is 7.72. The monoisotopic (exact) mass is 278 g/mol. The quantitative estimate of drug-likeness (QED) is 0.859. The summed E-state index contributed by atoms with van der Waals surface area (Å²) in [7, 11) is 0. The van der Waals surface area contributed by atoms with Crippen LogP contribution in [0.1, 0.15) is 6.92 Å². The minimum absolute atomic E-state index is 0.422. The molecule has 0 aliphatic carbocycles. The average Bonchev–Trinajstić information content (AvgIpc) is 2.38. The van der Waals surface area contributed by atoms with Crippen molar-refractivity contribution in [3.05, 3.63) is 45.8 Å². The molecule has 1 N–H and O–H groups in total. The number of aromatic amines is 1. The predicted molar refractivity (Wildman–Crippen MR) is 77.5 cm³/mol. The van der Waals surface area contributed by atoms with E-state index in [-0.39, 0.29) is 0 Å². The number of hydrogen-bond acceptors (Lipinski definition) is 3. The Kier molecular flexibility index (Phi) is 4.41. The smallest absolute Gasteiger partial charge is 0.180 e. The van der Waals surface area contributed by atoms with E-state index >= 15 is 0 Å². The lowest BCUT2D eigenvalue weighted by atomic mass is 10.1. The molecular weight excluding hydrogens is 264 g/mol. The van der Waals surface area contributed by atoms with E-state index in [1.54, 1.807) is 0 Å². The molecule has 0 atom stereocenters. The zero-order chi connectivity index (χ0) is 13.0. The first kappa shape index (κ1) is 13.1. The van der Waals surface area contributed by atoms with E-state index in [0.717, 1.165) is 11.3 Å². The minimum atomic E-state index is 0.422. The highest BCUT2D eigenvalue weighted by atomic mass is 32.1. The van der Waals surface area contributed by atoms with Crippen molar-refractivity contribution in [2.24, 2.45) is 0 Å². The minimum Gasteiger partial charge on any atom is -0.361 e. The number of aromatic nitrogens is 2. The van der Waals surface area contributed by atoms with Gasteiger partial charge in [-0.15, -0.1) is 0 Å². The van der Waals surface area contributed by atoms with E-state index in [2.05, 4.69) is 4.98 Å². The molecule has 18 heavy (non-hydrogen) atoms. The van der Waals surface area contributed by atoms with Gasteiger partial charge in [-0.25, -0.2) is 0 Å². The van der Waals surface area contributed by atoms with Gasteiger partial charge in [0.05, 0.1) is 5.69 Å². The van der Waals surface area contributed by atoms with Crippen LogP contribution in [0, 0.1) is 9.41 Å². The molecule has 5 heteroatoms. The second-order valence-electron chi connectivity index (χ2n) is 3.74. The predicted octanol–water partition coefficient (Wildman–Crippen LogP) is 3.94. The molecule has 0 saturated carbocycles. The lowest BCUT2D eigenvalue weighted by Crippen LogP contribution is -2.09. The fraction of sp³-hybridized carbons (Fsp3) is 0.231. The van der Waals surface area contributed by atoms with Crippen LogP contribution >= 0.6 is 24.4 Å². The van der Waals surface area contributed by atoms with Gasteiger partial charge in [0, 0.05) is 6.61 Å².